The summed E-state index contributed by atoms with van der Waals surface area (Å²) in [5.74, 6) is 2.43. The molecule has 3 heterocycles. The van der Waals surface area contributed by atoms with E-state index in [4.69, 9.17) is 4.74 Å². The molecule has 7 heteroatoms. The van der Waals surface area contributed by atoms with Crippen LogP contribution in [0.1, 0.15) is 11.4 Å². The number of hydrogen-bond acceptors (Lipinski definition) is 4. The predicted molar refractivity (Wildman–Crippen MR) is 106 cm³/mol. The third-order valence-electron chi connectivity index (χ3n) is 4.66. The molecule has 28 heavy (non-hydrogen) atoms. The molecule has 142 valence electrons. The second-order valence-electron chi connectivity index (χ2n) is 6.51. The van der Waals surface area contributed by atoms with Crippen LogP contribution in [0.3, 0.4) is 0 Å². The molecule has 0 spiro atoms. The Balaban J connectivity index is 1.37. The Bertz CT molecular complexity index is 1110. The average molecular weight is 375 g/mol. The molecule has 4 aromatic rings. The van der Waals surface area contributed by atoms with Gasteiger partial charge in [-0.05, 0) is 42.8 Å². The van der Waals surface area contributed by atoms with Crippen molar-refractivity contribution in [3.63, 3.8) is 0 Å². The van der Waals surface area contributed by atoms with E-state index in [1.165, 1.54) is 0 Å². The minimum Gasteiger partial charge on any atom is -0.497 e. The third kappa shape index (κ3) is 3.59. The predicted octanol–water partition coefficient (Wildman–Crippen LogP) is 2.86. The number of nitrogens with zero attached hydrogens (tertiary/aromatic N) is 4. The Labute approximate surface area is 162 Å². The monoisotopic (exact) mass is 375 g/mol. The molecule has 3 aromatic heterocycles. The quantitative estimate of drug-likeness (QED) is 0.562. The lowest BCUT2D eigenvalue weighted by molar-refractivity contribution is -0.121. The first-order valence-corrected chi connectivity index (χ1v) is 8.99. The molecule has 1 aromatic carbocycles. The van der Waals surface area contributed by atoms with E-state index < -0.39 is 0 Å². The van der Waals surface area contributed by atoms with E-state index in [-0.39, 0.29) is 12.5 Å². The highest BCUT2D eigenvalue weighted by Crippen LogP contribution is 2.21. The zero-order valence-corrected chi connectivity index (χ0v) is 15.8. The van der Waals surface area contributed by atoms with Gasteiger partial charge >= 0.3 is 0 Å². The fourth-order valence-corrected chi connectivity index (χ4v) is 3.14. The van der Waals surface area contributed by atoms with Crippen LogP contribution in [0.15, 0.2) is 61.2 Å². The maximum atomic E-state index is 12.4. The van der Waals surface area contributed by atoms with Crippen LogP contribution in [0.25, 0.3) is 16.7 Å². The summed E-state index contributed by atoms with van der Waals surface area (Å²) in [6.07, 6.45) is 7.29. The van der Waals surface area contributed by atoms with Crippen LogP contribution in [-0.2, 0) is 17.9 Å². The number of benzene rings is 1. The van der Waals surface area contributed by atoms with Crippen molar-refractivity contribution < 1.29 is 9.53 Å². The van der Waals surface area contributed by atoms with Gasteiger partial charge in [0.2, 0.25) is 5.91 Å². The Morgan fingerprint density at radius 1 is 1.14 bits per heavy atom. The van der Waals surface area contributed by atoms with E-state index in [2.05, 4.69) is 15.3 Å². The molecule has 0 atom stereocenters. The number of hydrogen-bond donors (Lipinski definition) is 1. The number of aryl methyl sites for hydroxylation is 1. The number of carbonyl (C=O) groups excluding carboxylic acids is 1. The van der Waals surface area contributed by atoms with Crippen molar-refractivity contribution in [2.45, 2.75) is 20.0 Å². The number of carbonyl (C=O) groups is 1. The fraction of sp³-hybridized carbons (Fsp3) is 0.190. The average Bonchev–Trinajstić information content (AvgIpc) is 3.32. The largest absolute Gasteiger partial charge is 0.497 e. The summed E-state index contributed by atoms with van der Waals surface area (Å²) in [6.45, 7) is 2.62. The summed E-state index contributed by atoms with van der Waals surface area (Å²) in [5.41, 5.74) is 1.94. The lowest BCUT2D eigenvalue weighted by Crippen LogP contribution is -2.26. The lowest BCUT2D eigenvalue weighted by atomic mass is 10.2. The highest BCUT2D eigenvalue weighted by atomic mass is 16.5. The van der Waals surface area contributed by atoms with Gasteiger partial charge in [0.15, 0.2) is 0 Å². The van der Waals surface area contributed by atoms with E-state index in [1.807, 2.05) is 64.8 Å². The van der Waals surface area contributed by atoms with Crippen LogP contribution >= 0.6 is 0 Å². The number of aromatic nitrogens is 4. The van der Waals surface area contributed by atoms with Gasteiger partial charge in [-0.25, -0.2) is 9.97 Å². The number of amides is 1. The summed E-state index contributed by atoms with van der Waals surface area (Å²) in [6, 6.07) is 11.7. The minimum absolute atomic E-state index is 0.0529. The number of nitrogens with one attached hydrogen (secondary N) is 1. The first-order valence-electron chi connectivity index (χ1n) is 8.99. The van der Waals surface area contributed by atoms with Crippen molar-refractivity contribution in [3.8, 4) is 11.6 Å². The van der Waals surface area contributed by atoms with Crippen molar-refractivity contribution in [2.24, 2.45) is 0 Å². The topological polar surface area (TPSA) is 74.0 Å². The summed E-state index contributed by atoms with van der Waals surface area (Å²) < 4.78 is 9.07. The first kappa shape index (κ1) is 17.8. The van der Waals surface area contributed by atoms with Crippen LogP contribution in [0.2, 0.25) is 0 Å². The molecule has 0 radical (unpaired) electrons. The van der Waals surface area contributed by atoms with E-state index >= 15 is 0 Å². The Hall–Kier alpha value is -3.61. The van der Waals surface area contributed by atoms with E-state index in [0.717, 1.165) is 33.9 Å². The minimum atomic E-state index is -0.0529. The molecule has 0 bridgehead atoms. The van der Waals surface area contributed by atoms with Crippen LogP contribution < -0.4 is 10.1 Å². The molecule has 1 N–H and O–H groups in total. The molecule has 0 aliphatic rings. The number of ether oxygens (including phenoxy) is 1. The Morgan fingerprint density at radius 3 is 2.75 bits per heavy atom. The molecule has 0 unspecified atom stereocenters. The molecule has 7 nitrogen and oxygen atoms in total. The molecular weight excluding hydrogens is 354 g/mol. The van der Waals surface area contributed by atoms with Crippen molar-refractivity contribution in [1.29, 1.82) is 0 Å². The molecule has 0 fully saturated rings. The Kier molecular flexibility index (Phi) is 4.80. The second-order valence-corrected chi connectivity index (χ2v) is 6.51. The highest BCUT2D eigenvalue weighted by Gasteiger charge is 2.08. The van der Waals surface area contributed by atoms with Crippen LogP contribution in [-0.4, -0.2) is 32.1 Å². The van der Waals surface area contributed by atoms with Crippen molar-refractivity contribution in [1.82, 2.24) is 24.4 Å². The maximum Gasteiger partial charge on any atom is 0.240 e. The SMILES string of the molecule is COc1ccc2c(ccn2CC(=O)NCc2ccc(-n3ccnc3C)nc2)c1. The molecule has 4 rings (SSSR count). The van der Waals surface area contributed by atoms with Crippen LogP contribution in [0.4, 0.5) is 0 Å². The highest BCUT2D eigenvalue weighted by molar-refractivity contribution is 5.84. The molecule has 0 saturated carbocycles. The van der Waals surface area contributed by atoms with Gasteiger partial charge in [-0.3, -0.25) is 9.36 Å². The maximum absolute atomic E-state index is 12.4. The molecule has 0 aliphatic carbocycles. The third-order valence-corrected chi connectivity index (χ3v) is 4.66. The lowest BCUT2D eigenvalue weighted by Gasteiger charge is -2.09. The van der Waals surface area contributed by atoms with Gasteiger partial charge in [0.1, 0.15) is 23.9 Å². The van der Waals surface area contributed by atoms with Gasteiger partial charge in [0.05, 0.1) is 7.11 Å². The van der Waals surface area contributed by atoms with E-state index in [9.17, 15) is 4.79 Å². The summed E-state index contributed by atoms with van der Waals surface area (Å²) in [7, 11) is 1.64. The number of imidazole rings is 1. The van der Waals surface area contributed by atoms with Gasteiger partial charge in [-0.15, -0.1) is 0 Å². The molecule has 1 amide bonds. The normalized spacial score (nSPS) is 10.9. The Morgan fingerprint density at radius 2 is 2.04 bits per heavy atom. The van der Waals surface area contributed by atoms with Crippen LogP contribution in [0, 0.1) is 6.92 Å². The molecule has 0 saturated heterocycles. The van der Waals surface area contributed by atoms with Gasteiger partial charge in [0, 0.05) is 42.2 Å². The second kappa shape index (κ2) is 7.56. The van der Waals surface area contributed by atoms with E-state index in [0.29, 0.717) is 6.54 Å². The zero-order valence-electron chi connectivity index (χ0n) is 15.8. The van der Waals surface area contributed by atoms with Crippen LogP contribution in [0.5, 0.6) is 5.75 Å². The molecular formula is C21H21N5O2. The number of pyridine rings is 1. The summed E-state index contributed by atoms with van der Waals surface area (Å²) >= 11 is 0. The first-order chi connectivity index (χ1) is 13.6. The zero-order chi connectivity index (χ0) is 19.5. The fourth-order valence-electron chi connectivity index (χ4n) is 3.14. The van der Waals surface area contributed by atoms with E-state index in [1.54, 1.807) is 19.5 Å². The number of methoxy groups -OCH3 is 1. The number of fused-ring (bicyclic) bond motifs is 1. The van der Waals surface area contributed by atoms with Gasteiger partial charge in [-0.2, -0.15) is 0 Å². The van der Waals surface area contributed by atoms with Gasteiger partial charge < -0.3 is 14.6 Å². The summed E-state index contributed by atoms with van der Waals surface area (Å²) in [5, 5.41) is 3.99. The van der Waals surface area contributed by atoms with Crippen molar-refractivity contribution in [3.05, 3.63) is 72.6 Å². The number of rotatable bonds is 6. The standard InChI is InChI=1S/C21H21N5O2/c1-15-22-8-10-26(15)20-6-3-16(12-23-20)13-24-21(27)14-25-9-7-17-11-18(28-2)4-5-19(17)25/h3-12H,13-14H2,1-2H3,(H,24,27). The molecule has 0 aliphatic heterocycles. The smallest absolute Gasteiger partial charge is 0.240 e. The van der Waals surface area contributed by atoms with Gasteiger partial charge in [0.25, 0.3) is 0 Å². The van der Waals surface area contributed by atoms with Crippen molar-refractivity contribution >= 4 is 16.8 Å². The van der Waals surface area contributed by atoms with Gasteiger partial charge in [-0.1, -0.05) is 6.07 Å². The van der Waals surface area contributed by atoms with Crippen molar-refractivity contribution in [2.75, 3.05) is 7.11 Å². The summed E-state index contributed by atoms with van der Waals surface area (Å²) in [4.78, 5) is 21.0.